The highest BCUT2D eigenvalue weighted by Crippen LogP contribution is 2.47. The second-order valence-electron chi connectivity index (χ2n) is 3.03. The van der Waals surface area contributed by atoms with E-state index in [1.54, 1.807) is 11.8 Å². The van der Waals surface area contributed by atoms with E-state index in [0.29, 0.717) is 10.1 Å². The van der Waals surface area contributed by atoms with E-state index in [1.165, 1.54) is 0 Å². The highest BCUT2D eigenvalue weighted by Gasteiger charge is 2.38. The van der Waals surface area contributed by atoms with Crippen molar-refractivity contribution in [2.45, 2.75) is 13.4 Å². The first-order chi connectivity index (χ1) is 6.88. The van der Waals surface area contributed by atoms with Crippen molar-refractivity contribution in [1.29, 1.82) is 0 Å². The molecule has 0 aromatic heterocycles. The molecule has 1 aliphatic carbocycles. The van der Waals surface area contributed by atoms with Gasteiger partial charge in [0.25, 0.3) is 0 Å². The van der Waals surface area contributed by atoms with Crippen molar-refractivity contribution < 1.29 is 0 Å². The number of hydrogen-bond acceptors (Lipinski definition) is 2. The van der Waals surface area contributed by atoms with Gasteiger partial charge in [0.05, 0.1) is 21.4 Å². The Kier molecular flexibility index (Phi) is 4.02. The third-order valence-electron chi connectivity index (χ3n) is 1.95. The van der Waals surface area contributed by atoms with Gasteiger partial charge in [-0.1, -0.05) is 82.8 Å². The van der Waals surface area contributed by atoms with Gasteiger partial charge in [0.2, 0.25) is 0 Å². The molecule has 1 nitrogen and oxygen atoms in total. The Morgan fingerprint density at radius 2 is 1.80 bits per heavy atom. The fourth-order valence-corrected chi connectivity index (χ4v) is 3.97. The normalized spacial score (nSPS) is 30.6. The van der Waals surface area contributed by atoms with E-state index in [2.05, 4.69) is 52.8 Å². The van der Waals surface area contributed by atoms with Gasteiger partial charge in [0.1, 0.15) is 5.04 Å². The highest BCUT2D eigenvalue weighted by molar-refractivity contribution is 9.40. The second-order valence-corrected chi connectivity index (χ2v) is 11.8. The summed E-state index contributed by atoms with van der Waals surface area (Å²) in [5, 5.41) is 2.35. The zero-order valence-corrected chi connectivity index (χ0v) is 14.1. The molecule has 2 unspecified atom stereocenters. The summed E-state index contributed by atoms with van der Waals surface area (Å²) in [6.45, 7) is 0. The number of aliphatic imine (C=N–C) groups is 1. The topological polar surface area (TPSA) is 12.4 Å². The third-order valence-corrected chi connectivity index (χ3v) is 5.94. The lowest BCUT2D eigenvalue weighted by atomic mass is 10.1. The summed E-state index contributed by atoms with van der Waals surface area (Å²) in [7, 11) is 0. The second kappa shape index (κ2) is 4.65. The van der Waals surface area contributed by atoms with Crippen LogP contribution in [0, 0.1) is 0 Å². The van der Waals surface area contributed by atoms with Crippen LogP contribution < -0.4 is 0 Å². The van der Waals surface area contributed by atoms with Crippen molar-refractivity contribution >= 4 is 87.8 Å². The van der Waals surface area contributed by atoms with E-state index in [1.807, 2.05) is 12.2 Å². The number of hydrogen-bond donors (Lipinski definition) is 0. The van der Waals surface area contributed by atoms with E-state index >= 15 is 0 Å². The lowest BCUT2D eigenvalue weighted by molar-refractivity contribution is 0.856. The van der Waals surface area contributed by atoms with Gasteiger partial charge in [-0.15, -0.1) is 0 Å². The van der Waals surface area contributed by atoms with Gasteiger partial charge < -0.3 is 0 Å². The Bertz CT molecular complexity index is 386. The van der Waals surface area contributed by atoms with Gasteiger partial charge in [-0.2, -0.15) is 0 Å². The van der Waals surface area contributed by atoms with E-state index in [-0.39, 0.29) is 11.3 Å². The van der Waals surface area contributed by atoms with Crippen molar-refractivity contribution in [2.24, 2.45) is 4.99 Å². The molecule has 0 amide bonds. The van der Waals surface area contributed by atoms with Gasteiger partial charge in [0, 0.05) is 0 Å². The van der Waals surface area contributed by atoms with Crippen molar-refractivity contribution in [1.82, 2.24) is 0 Å². The van der Waals surface area contributed by atoms with Crippen molar-refractivity contribution in [3.63, 3.8) is 0 Å². The zero-order valence-electron chi connectivity index (χ0n) is 7.05. The number of alkyl halides is 3. The lowest BCUT2D eigenvalue weighted by Crippen LogP contribution is -2.16. The summed E-state index contributed by atoms with van der Waals surface area (Å²) < 4.78 is -0.449. The number of allylic oxidation sites excluding steroid dienone is 2. The van der Waals surface area contributed by atoms with Crippen LogP contribution in [0.1, 0.15) is 0 Å². The van der Waals surface area contributed by atoms with E-state index < -0.39 is 2.14 Å². The molecule has 1 aliphatic heterocycles. The Morgan fingerprint density at radius 1 is 1.20 bits per heavy atom. The number of thioether (sulfide) groups is 1. The zero-order chi connectivity index (χ0) is 11.2. The molecule has 7 heteroatoms. The van der Waals surface area contributed by atoms with Crippen molar-refractivity contribution in [3.8, 4) is 0 Å². The van der Waals surface area contributed by atoms with Gasteiger partial charge in [-0.05, 0) is 12.2 Å². The SMILES string of the molecule is ClC1=CC2N=C(C(Br)(Br)Br)SC2C=C1Cl. The van der Waals surface area contributed by atoms with E-state index in [9.17, 15) is 0 Å². The average Bonchev–Trinajstić information content (AvgIpc) is 2.47. The molecule has 2 rings (SSSR count). The molecule has 1 heterocycles. The van der Waals surface area contributed by atoms with Crippen LogP contribution in [0.3, 0.4) is 0 Å². The summed E-state index contributed by atoms with van der Waals surface area (Å²) in [5.41, 5.74) is 0. The van der Waals surface area contributed by atoms with Crippen LogP contribution >= 0.6 is 82.8 Å². The minimum absolute atomic E-state index is 0.0759. The smallest absolute Gasteiger partial charge is 0.182 e. The molecular weight excluding hydrogens is 453 g/mol. The van der Waals surface area contributed by atoms with Crippen molar-refractivity contribution in [2.75, 3.05) is 0 Å². The van der Waals surface area contributed by atoms with Crippen LogP contribution in [-0.4, -0.2) is 18.5 Å². The molecule has 2 atom stereocenters. The van der Waals surface area contributed by atoms with Gasteiger partial charge in [-0.25, -0.2) is 0 Å². The summed E-state index contributed by atoms with van der Waals surface area (Å²) in [6, 6.07) is 0.0759. The number of halogens is 5. The fourth-order valence-electron chi connectivity index (χ4n) is 1.30. The standard InChI is InChI=1S/C8H4Br3Cl2NS/c9-8(10,11)7-14-5-1-3(12)4(13)2-6(5)15-7/h1-2,5-6H. The molecule has 0 aromatic carbocycles. The summed E-state index contributed by atoms with van der Waals surface area (Å²) in [6.07, 6.45) is 3.82. The van der Waals surface area contributed by atoms with Crippen LogP contribution in [0.4, 0.5) is 0 Å². The molecule has 2 aliphatic rings. The molecule has 0 fully saturated rings. The van der Waals surface area contributed by atoms with Gasteiger partial charge in [0.15, 0.2) is 2.14 Å². The first-order valence-corrected chi connectivity index (χ1v) is 7.96. The molecule has 0 saturated carbocycles. The Labute approximate surface area is 127 Å². The molecule has 82 valence electrons. The quantitative estimate of drug-likeness (QED) is 0.469. The maximum Gasteiger partial charge on any atom is 0.182 e. The Morgan fingerprint density at radius 3 is 2.40 bits per heavy atom. The van der Waals surface area contributed by atoms with Crippen LogP contribution in [0.5, 0.6) is 0 Å². The van der Waals surface area contributed by atoms with Gasteiger partial charge in [-0.3, -0.25) is 4.99 Å². The average molecular weight is 457 g/mol. The first kappa shape index (κ1) is 13.0. The Balaban J connectivity index is 2.26. The largest absolute Gasteiger partial charge is 0.270 e. The van der Waals surface area contributed by atoms with Crippen LogP contribution in [0.2, 0.25) is 0 Å². The summed E-state index contributed by atoms with van der Waals surface area (Å²) in [5.74, 6) is 0. The van der Waals surface area contributed by atoms with Crippen LogP contribution in [-0.2, 0) is 0 Å². The third kappa shape index (κ3) is 2.86. The predicted octanol–water partition coefficient (Wildman–Crippen LogP) is 4.97. The van der Waals surface area contributed by atoms with Crippen LogP contribution in [0.15, 0.2) is 27.2 Å². The molecular formula is C8H4Br3Cl2NS. The molecule has 0 bridgehead atoms. The highest BCUT2D eigenvalue weighted by atomic mass is 80.0. The van der Waals surface area contributed by atoms with Gasteiger partial charge >= 0.3 is 0 Å². The predicted molar refractivity (Wildman–Crippen MR) is 80.0 cm³/mol. The summed E-state index contributed by atoms with van der Waals surface area (Å²) >= 11 is 23.9. The maximum absolute atomic E-state index is 5.96. The molecule has 0 radical (unpaired) electrons. The fraction of sp³-hybridized carbons (Fsp3) is 0.375. The number of fused-ring (bicyclic) bond motifs is 1. The molecule has 0 N–H and O–H groups in total. The minimum atomic E-state index is -0.449. The van der Waals surface area contributed by atoms with Crippen LogP contribution in [0.25, 0.3) is 0 Å². The molecule has 0 saturated heterocycles. The molecule has 0 aromatic rings. The monoisotopic (exact) mass is 453 g/mol. The van der Waals surface area contributed by atoms with E-state index in [0.717, 1.165) is 5.04 Å². The minimum Gasteiger partial charge on any atom is -0.270 e. The lowest BCUT2D eigenvalue weighted by Gasteiger charge is -2.16. The maximum atomic E-state index is 5.96. The summed E-state index contributed by atoms with van der Waals surface area (Å²) in [4.78, 5) is 4.54. The molecule has 0 spiro atoms. The first-order valence-electron chi connectivity index (χ1n) is 3.94. The number of rotatable bonds is 0. The Hall–Kier alpha value is 1.52. The molecule has 15 heavy (non-hydrogen) atoms. The van der Waals surface area contributed by atoms with E-state index in [4.69, 9.17) is 23.2 Å². The van der Waals surface area contributed by atoms with Crippen molar-refractivity contribution in [3.05, 3.63) is 22.2 Å². The number of nitrogens with zero attached hydrogens (tertiary/aromatic N) is 1.